The van der Waals surface area contributed by atoms with Crippen LogP contribution in [0.4, 0.5) is 0 Å². The van der Waals surface area contributed by atoms with E-state index in [0.29, 0.717) is 0 Å². The molecule has 0 aliphatic carbocycles. The molecule has 0 radical (unpaired) electrons. The predicted octanol–water partition coefficient (Wildman–Crippen LogP) is 4.45. The Bertz CT molecular complexity index is 456. The van der Waals surface area contributed by atoms with E-state index in [4.69, 9.17) is 11.6 Å². The van der Waals surface area contributed by atoms with Gasteiger partial charge in [-0.1, -0.05) is 17.7 Å². The lowest BCUT2D eigenvalue weighted by molar-refractivity contribution is 0.695. The minimum atomic E-state index is 0.759. The molecule has 0 aliphatic rings. The normalized spacial score (nSPS) is 10.6. The Hall–Kier alpha value is -0.350. The van der Waals surface area contributed by atoms with E-state index in [-0.39, 0.29) is 0 Å². The Morgan fingerprint density at radius 1 is 1.19 bits per heavy atom. The highest BCUT2D eigenvalue weighted by atomic mass is 79.9. The summed E-state index contributed by atoms with van der Waals surface area (Å²) in [5, 5.41) is 8.39. The first-order valence-corrected chi connectivity index (χ1v) is 7.03. The Morgan fingerprint density at radius 2 is 2.00 bits per heavy atom. The molecule has 0 atom stereocenters. The molecular formula is C12H11BrClNS. The van der Waals surface area contributed by atoms with Gasteiger partial charge in [0.05, 0.1) is 5.02 Å². The zero-order valence-corrected chi connectivity index (χ0v) is 11.7. The fourth-order valence-electron chi connectivity index (χ4n) is 1.39. The maximum absolute atomic E-state index is 6.02. The van der Waals surface area contributed by atoms with Gasteiger partial charge in [0, 0.05) is 17.6 Å². The largest absolute Gasteiger partial charge is 0.309 e. The van der Waals surface area contributed by atoms with Gasteiger partial charge in [0.2, 0.25) is 0 Å². The van der Waals surface area contributed by atoms with Crippen molar-refractivity contribution in [2.45, 2.75) is 13.1 Å². The minimum absolute atomic E-state index is 0.759. The van der Waals surface area contributed by atoms with E-state index < -0.39 is 0 Å². The summed E-state index contributed by atoms with van der Waals surface area (Å²) < 4.78 is 0.941. The lowest BCUT2D eigenvalue weighted by atomic mass is 10.2. The Kier molecular flexibility index (Phi) is 4.41. The Morgan fingerprint density at radius 3 is 2.69 bits per heavy atom. The van der Waals surface area contributed by atoms with Crippen molar-refractivity contribution in [2.24, 2.45) is 0 Å². The monoisotopic (exact) mass is 315 g/mol. The maximum atomic E-state index is 6.02. The van der Waals surface area contributed by atoms with Crippen molar-refractivity contribution in [3.8, 4) is 0 Å². The van der Waals surface area contributed by atoms with Crippen molar-refractivity contribution in [3.05, 3.63) is 55.6 Å². The van der Waals surface area contributed by atoms with Gasteiger partial charge in [0.25, 0.3) is 0 Å². The molecule has 0 aliphatic heterocycles. The first-order valence-electron chi connectivity index (χ1n) is 4.91. The van der Waals surface area contributed by atoms with Gasteiger partial charge in [0.1, 0.15) is 0 Å². The van der Waals surface area contributed by atoms with Gasteiger partial charge in [-0.3, -0.25) is 0 Å². The topological polar surface area (TPSA) is 12.0 Å². The second-order valence-corrected chi connectivity index (χ2v) is 5.53. The van der Waals surface area contributed by atoms with Crippen molar-refractivity contribution in [3.63, 3.8) is 0 Å². The Balaban J connectivity index is 1.87. The number of benzene rings is 1. The minimum Gasteiger partial charge on any atom is -0.309 e. The van der Waals surface area contributed by atoms with Gasteiger partial charge in [-0.25, -0.2) is 0 Å². The second kappa shape index (κ2) is 5.82. The first kappa shape index (κ1) is 12.1. The van der Waals surface area contributed by atoms with Crippen molar-refractivity contribution in [1.29, 1.82) is 0 Å². The van der Waals surface area contributed by atoms with Crippen LogP contribution in [0.1, 0.15) is 11.1 Å². The molecule has 0 fully saturated rings. The van der Waals surface area contributed by atoms with Gasteiger partial charge in [-0.2, -0.15) is 11.3 Å². The van der Waals surface area contributed by atoms with Gasteiger partial charge in [-0.05, 0) is 56.0 Å². The summed E-state index contributed by atoms with van der Waals surface area (Å²) in [5.41, 5.74) is 2.52. The highest BCUT2D eigenvalue weighted by molar-refractivity contribution is 9.10. The van der Waals surface area contributed by atoms with Crippen LogP contribution < -0.4 is 5.32 Å². The van der Waals surface area contributed by atoms with Crippen molar-refractivity contribution >= 4 is 38.9 Å². The lowest BCUT2D eigenvalue weighted by Crippen LogP contribution is -2.11. The highest BCUT2D eigenvalue weighted by Crippen LogP contribution is 2.23. The number of nitrogens with one attached hydrogen (secondary N) is 1. The zero-order valence-electron chi connectivity index (χ0n) is 8.54. The van der Waals surface area contributed by atoms with Crippen LogP contribution in [0.2, 0.25) is 5.02 Å². The molecule has 0 amide bonds. The van der Waals surface area contributed by atoms with Gasteiger partial charge >= 0.3 is 0 Å². The third-order valence-corrected chi connectivity index (χ3v) is 4.19. The van der Waals surface area contributed by atoms with Gasteiger partial charge in [0.15, 0.2) is 0 Å². The lowest BCUT2D eigenvalue weighted by Gasteiger charge is -2.05. The molecule has 0 saturated heterocycles. The fourth-order valence-corrected chi connectivity index (χ4v) is 2.51. The number of rotatable bonds is 4. The van der Waals surface area contributed by atoms with Crippen molar-refractivity contribution in [1.82, 2.24) is 5.32 Å². The van der Waals surface area contributed by atoms with E-state index in [2.05, 4.69) is 44.1 Å². The number of thiophene rings is 1. The van der Waals surface area contributed by atoms with Crippen LogP contribution in [0.3, 0.4) is 0 Å². The molecule has 1 aromatic carbocycles. The van der Waals surface area contributed by atoms with Crippen molar-refractivity contribution in [2.75, 3.05) is 0 Å². The summed E-state index contributed by atoms with van der Waals surface area (Å²) in [6.07, 6.45) is 0. The summed E-state index contributed by atoms with van der Waals surface area (Å²) in [5.74, 6) is 0. The van der Waals surface area contributed by atoms with Crippen LogP contribution in [0.15, 0.2) is 39.5 Å². The molecule has 0 unspecified atom stereocenters. The average Bonchev–Trinajstić information content (AvgIpc) is 2.76. The molecule has 1 nitrogen and oxygen atoms in total. The Labute approximate surface area is 113 Å². The van der Waals surface area contributed by atoms with E-state index in [1.807, 2.05) is 12.1 Å². The van der Waals surface area contributed by atoms with Crippen molar-refractivity contribution < 1.29 is 0 Å². The molecule has 84 valence electrons. The number of hydrogen-bond donors (Lipinski definition) is 1. The zero-order chi connectivity index (χ0) is 11.4. The van der Waals surface area contributed by atoms with Crippen LogP contribution in [0, 0.1) is 0 Å². The molecule has 2 aromatic rings. The summed E-state index contributed by atoms with van der Waals surface area (Å²) in [4.78, 5) is 0. The van der Waals surface area contributed by atoms with E-state index >= 15 is 0 Å². The number of hydrogen-bond acceptors (Lipinski definition) is 2. The maximum Gasteiger partial charge on any atom is 0.0551 e. The standard InChI is InChI=1S/C12H11BrClNS/c13-11-2-1-9(5-12(11)14)6-15-7-10-3-4-16-8-10/h1-5,8,15H,6-7H2. The smallest absolute Gasteiger partial charge is 0.0551 e. The first-order chi connectivity index (χ1) is 7.75. The fraction of sp³-hybridized carbons (Fsp3) is 0.167. The van der Waals surface area contributed by atoms with Crippen LogP contribution >= 0.6 is 38.9 Å². The molecule has 4 heteroatoms. The summed E-state index contributed by atoms with van der Waals surface area (Å²) in [6, 6.07) is 8.15. The van der Waals surface area contributed by atoms with E-state index in [1.165, 1.54) is 11.1 Å². The molecule has 0 saturated carbocycles. The summed E-state index contributed by atoms with van der Waals surface area (Å²) in [7, 11) is 0. The molecule has 1 N–H and O–H groups in total. The summed E-state index contributed by atoms with van der Waals surface area (Å²) >= 11 is 11.1. The number of halogens is 2. The van der Waals surface area contributed by atoms with Crippen LogP contribution in [-0.4, -0.2) is 0 Å². The average molecular weight is 317 g/mol. The molecule has 0 bridgehead atoms. The van der Waals surface area contributed by atoms with E-state index in [0.717, 1.165) is 22.6 Å². The molecule has 0 spiro atoms. The third-order valence-electron chi connectivity index (χ3n) is 2.22. The molecule has 1 aromatic heterocycles. The SMILES string of the molecule is Clc1cc(CNCc2ccsc2)ccc1Br. The molecule has 16 heavy (non-hydrogen) atoms. The van der Waals surface area contributed by atoms with Gasteiger partial charge in [-0.15, -0.1) is 0 Å². The van der Waals surface area contributed by atoms with Gasteiger partial charge < -0.3 is 5.32 Å². The van der Waals surface area contributed by atoms with Crippen LogP contribution in [-0.2, 0) is 13.1 Å². The van der Waals surface area contributed by atoms with Crippen LogP contribution in [0.5, 0.6) is 0 Å². The highest BCUT2D eigenvalue weighted by Gasteiger charge is 1.99. The summed E-state index contributed by atoms with van der Waals surface area (Å²) in [6.45, 7) is 1.74. The second-order valence-electron chi connectivity index (χ2n) is 3.48. The molecule has 2 rings (SSSR count). The van der Waals surface area contributed by atoms with E-state index in [9.17, 15) is 0 Å². The quantitative estimate of drug-likeness (QED) is 0.878. The predicted molar refractivity (Wildman–Crippen MR) is 74.0 cm³/mol. The third kappa shape index (κ3) is 3.32. The molecule has 1 heterocycles. The molecular weight excluding hydrogens is 306 g/mol. The van der Waals surface area contributed by atoms with E-state index in [1.54, 1.807) is 11.3 Å². The van der Waals surface area contributed by atoms with Crippen LogP contribution in [0.25, 0.3) is 0 Å².